The Hall–Kier alpha value is -3.37. The maximum atomic E-state index is 12.9. The number of nitrogens with one attached hydrogen (secondary N) is 1. The Morgan fingerprint density at radius 1 is 1.19 bits per heavy atom. The van der Waals surface area contributed by atoms with E-state index in [2.05, 4.69) is 11.4 Å². The third-order valence-corrected chi connectivity index (χ3v) is 8.33. The Bertz CT molecular complexity index is 1370. The molecule has 0 unspecified atom stereocenters. The fourth-order valence-electron chi connectivity index (χ4n) is 5.76. The summed E-state index contributed by atoms with van der Waals surface area (Å²) in [6.07, 6.45) is 8.17. The van der Waals surface area contributed by atoms with Crippen LogP contribution in [0.5, 0.6) is 0 Å². The van der Waals surface area contributed by atoms with Crippen molar-refractivity contribution in [3.8, 4) is 6.07 Å². The number of hydrogen-bond donors (Lipinski definition) is 1. The standard InChI is InChI=1S/C28H29ClN4O3/c1-17-20(7-18-3-5-33(6-4-18)26(35)15-28-12-19(13-28)14-28)8-22(29)11-24(17)31-27(36)21-9-23(16-30)32(2)25(34)10-21/h7-11,19H,3-6,12-15H2,1-2H3,(H,31,36). The van der Waals surface area contributed by atoms with E-state index in [4.69, 9.17) is 11.6 Å². The summed E-state index contributed by atoms with van der Waals surface area (Å²) in [5, 5.41) is 12.6. The summed E-state index contributed by atoms with van der Waals surface area (Å²) in [5.74, 6) is 0.703. The molecule has 2 amide bonds. The topological polar surface area (TPSA) is 95.2 Å². The molecule has 2 aromatic rings. The minimum Gasteiger partial charge on any atom is -0.342 e. The molecular weight excluding hydrogens is 476 g/mol. The van der Waals surface area contributed by atoms with Gasteiger partial charge in [0, 0.05) is 48.9 Å². The highest BCUT2D eigenvalue weighted by Gasteiger charge is 2.57. The molecule has 1 aromatic carbocycles. The van der Waals surface area contributed by atoms with Crippen LogP contribution in [0.15, 0.2) is 34.6 Å². The molecule has 1 N–H and O–H groups in total. The minimum atomic E-state index is -0.483. The van der Waals surface area contributed by atoms with Crippen molar-refractivity contribution < 1.29 is 9.59 Å². The maximum Gasteiger partial charge on any atom is 0.255 e. The first kappa shape index (κ1) is 24.3. The fourth-order valence-corrected chi connectivity index (χ4v) is 5.99. The van der Waals surface area contributed by atoms with Gasteiger partial charge in [-0.05, 0) is 79.7 Å². The van der Waals surface area contributed by atoms with Crippen LogP contribution in [0.3, 0.4) is 0 Å². The summed E-state index contributed by atoms with van der Waals surface area (Å²) in [5.41, 5.74) is 3.68. The number of pyridine rings is 1. The van der Waals surface area contributed by atoms with Gasteiger partial charge in [0.1, 0.15) is 11.8 Å². The summed E-state index contributed by atoms with van der Waals surface area (Å²) in [7, 11) is 1.49. The molecular formula is C28H29ClN4O3. The van der Waals surface area contributed by atoms with E-state index in [-0.39, 0.29) is 11.3 Å². The molecule has 0 radical (unpaired) electrons. The highest BCUT2D eigenvalue weighted by molar-refractivity contribution is 6.31. The fraction of sp³-hybridized carbons (Fsp3) is 0.429. The lowest BCUT2D eigenvalue weighted by atomic mass is 9.43. The van der Waals surface area contributed by atoms with Crippen molar-refractivity contribution in [2.45, 2.75) is 45.4 Å². The lowest BCUT2D eigenvalue weighted by molar-refractivity contribution is -0.153. The number of halogens is 1. The van der Waals surface area contributed by atoms with E-state index in [1.165, 1.54) is 48.6 Å². The van der Waals surface area contributed by atoms with Gasteiger partial charge in [0.05, 0.1) is 0 Å². The second-order valence-electron chi connectivity index (χ2n) is 10.6. The van der Waals surface area contributed by atoms with Crippen molar-refractivity contribution in [3.05, 3.63) is 67.6 Å². The van der Waals surface area contributed by atoms with Gasteiger partial charge in [0.2, 0.25) is 5.91 Å². The minimum absolute atomic E-state index is 0.106. The van der Waals surface area contributed by atoms with Crippen LogP contribution in [0.2, 0.25) is 5.02 Å². The monoisotopic (exact) mass is 504 g/mol. The molecule has 1 aliphatic heterocycles. The van der Waals surface area contributed by atoms with Crippen LogP contribution in [0.25, 0.3) is 6.08 Å². The summed E-state index contributed by atoms with van der Waals surface area (Å²) in [6, 6.07) is 8.07. The zero-order valence-electron chi connectivity index (χ0n) is 20.6. The number of rotatable bonds is 5. The van der Waals surface area contributed by atoms with Gasteiger partial charge >= 0.3 is 0 Å². The number of likely N-dealkylation sites (tertiary alicyclic amines) is 1. The predicted octanol–water partition coefficient (Wildman–Crippen LogP) is 4.67. The molecule has 1 saturated heterocycles. The van der Waals surface area contributed by atoms with Crippen LogP contribution < -0.4 is 10.9 Å². The van der Waals surface area contributed by atoms with Crippen molar-refractivity contribution in [3.63, 3.8) is 0 Å². The molecule has 3 saturated carbocycles. The second-order valence-corrected chi connectivity index (χ2v) is 11.0. The molecule has 1 aromatic heterocycles. The number of nitrogens with zero attached hydrogens (tertiary/aromatic N) is 3. The number of aromatic nitrogens is 1. The highest BCUT2D eigenvalue weighted by atomic mass is 35.5. The molecule has 4 fully saturated rings. The van der Waals surface area contributed by atoms with Gasteiger partial charge in [0.25, 0.3) is 11.5 Å². The van der Waals surface area contributed by atoms with E-state index >= 15 is 0 Å². The Balaban J connectivity index is 1.28. The highest BCUT2D eigenvalue weighted by Crippen LogP contribution is 2.66. The molecule has 6 rings (SSSR count). The lowest BCUT2D eigenvalue weighted by Gasteiger charge is -2.62. The number of piperidine rings is 1. The molecule has 186 valence electrons. The SMILES string of the molecule is Cc1c(C=C2CCN(C(=O)CC34CC(C3)C4)CC2)cc(Cl)cc1NC(=O)c1cc(C#N)n(C)c(=O)c1. The molecule has 8 heteroatoms. The number of carbonyl (C=O) groups excluding carboxylic acids is 2. The quantitative estimate of drug-likeness (QED) is 0.640. The first-order chi connectivity index (χ1) is 17.2. The van der Waals surface area contributed by atoms with Gasteiger partial charge in [0.15, 0.2) is 0 Å². The summed E-state index contributed by atoms with van der Waals surface area (Å²) in [4.78, 5) is 39.7. The van der Waals surface area contributed by atoms with E-state index in [1.807, 2.05) is 24.0 Å². The van der Waals surface area contributed by atoms with Gasteiger partial charge in [-0.1, -0.05) is 23.3 Å². The van der Waals surface area contributed by atoms with E-state index in [1.54, 1.807) is 6.07 Å². The maximum absolute atomic E-state index is 12.9. The number of anilines is 1. The van der Waals surface area contributed by atoms with Crippen LogP contribution in [0.1, 0.15) is 65.7 Å². The van der Waals surface area contributed by atoms with Crippen LogP contribution in [-0.4, -0.2) is 34.4 Å². The first-order valence-electron chi connectivity index (χ1n) is 12.4. The zero-order chi connectivity index (χ0) is 25.6. The molecule has 3 aliphatic carbocycles. The van der Waals surface area contributed by atoms with Crippen molar-refractivity contribution in [1.82, 2.24) is 9.47 Å². The largest absolute Gasteiger partial charge is 0.342 e. The van der Waals surface area contributed by atoms with Crippen molar-refractivity contribution in [2.75, 3.05) is 18.4 Å². The van der Waals surface area contributed by atoms with Gasteiger partial charge in [-0.15, -0.1) is 0 Å². The Morgan fingerprint density at radius 3 is 2.50 bits per heavy atom. The summed E-state index contributed by atoms with van der Waals surface area (Å²) < 4.78 is 1.19. The number of amides is 2. The third kappa shape index (κ3) is 4.58. The summed E-state index contributed by atoms with van der Waals surface area (Å²) >= 11 is 6.38. The Kier molecular flexibility index (Phi) is 6.25. The van der Waals surface area contributed by atoms with Gasteiger partial charge in [-0.2, -0.15) is 5.26 Å². The number of benzene rings is 1. The van der Waals surface area contributed by atoms with Crippen LogP contribution in [-0.2, 0) is 11.8 Å². The smallest absolute Gasteiger partial charge is 0.255 e. The number of carbonyl (C=O) groups is 2. The molecule has 4 aliphatic rings. The number of nitriles is 1. The van der Waals surface area contributed by atoms with E-state index in [0.29, 0.717) is 28.5 Å². The predicted molar refractivity (Wildman–Crippen MR) is 139 cm³/mol. The average Bonchev–Trinajstić information content (AvgIpc) is 2.80. The van der Waals surface area contributed by atoms with Crippen molar-refractivity contribution in [2.24, 2.45) is 18.4 Å². The molecule has 7 nitrogen and oxygen atoms in total. The normalized spacial score (nSPS) is 22.2. The third-order valence-electron chi connectivity index (χ3n) is 8.11. The second kappa shape index (κ2) is 9.25. The van der Waals surface area contributed by atoms with E-state index < -0.39 is 11.5 Å². The lowest BCUT2D eigenvalue weighted by Crippen LogP contribution is -2.54. The van der Waals surface area contributed by atoms with Gasteiger partial charge in [-0.3, -0.25) is 14.4 Å². The average molecular weight is 505 g/mol. The van der Waals surface area contributed by atoms with E-state index in [0.717, 1.165) is 43.0 Å². The molecule has 36 heavy (non-hydrogen) atoms. The zero-order valence-corrected chi connectivity index (χ0v) is 21.3. The van der Waals surface area contributed by atoms with E-state index in [9.17, 15) is 19.6 Å². The van der Waals surface area contributed by atoms with Crippen LogP contribution in [0, 0.1) is 29.6 Å². The van der Waals surface area contributed by atoms with Crippen LogP contribution in [0.4, 0.5) is 5.69 Å². The van der Waals surface area contributed by atoms with Crippen LogP contribution >= 0.6 is 11.6 Å². The molecule has 0 atom stereocenters. The van der Waals surface area contributed by atoms with Gasteiger partial charge < -0.3 is 14.8 Å². The molecule has 2 bridgehead atoms. The number of hydrogen-bond acceptors (Lipinski definition) is 4. The Morgan fingerprint density at radius 2 is 1.89 bits per heavy atom. The van der Waals surface area contributed by atoms with Crippen molar-refractivity contribution in [1.29, 1.82) is 5.26 Å². The van der Waals surface area contributed by atoms with Gasteiger partial charge in [-0.25, -0.2) is 0 Å². The van der Waals surface area contributed by atoms with Crippen molar-refractivity contribution >= 4 is 35.2 Å². The Labute approximate surface area is 215 Å². The summed E-state index contributed by atoms with van der Waals surface area (Å²) in [6.45, 7) is 3.38. The molecule has 0 spiro atoms. The first-order valence-corrected chi connectivity index (χ1v) is 12.7. The molecule has 2 heterocycles.